The molecule has 0 aliphatic rings. The number of carbonyl (C=O) groups excluding carboxylic acids is 1. The van der Waals surface area contributed by atoms with Crippen LogP contribution in [0.5, 0.6) is 5.75 Å². The van der Waals surface area contributed by atoms with Gasteiger partial charge in [-0.3, -0.25) is 4.79 Å². The Balaban J connectivity index is 2.20. The number of hydrogen-bond donors (Lipinski definition) is 2. The normalized spacial score (nSPS) is 10.2. The Kier molecular flexibility index (Phi) is 4.06. The van der Waals surface area contributed by atoms with Crippen molar-refractivity contribution in [2.45, 2.75) is 13.5 Å². The zero-order valence-electron chi connectivity index (χ0n) is 10.9. The highest BCUT2D eigenvalue weighted by molar-refractivity contribution is 7.19. The SMILES string of the molecule is COc1c(NCc2ccccc2)sc(C(C)=O)c1N. The minimum atomic E-state index is -0.0476. The highest BCUT2D eigenvalue weighted by Crippen LogP contribution is 2.42. The topological polar surface area (TPSA) is 64.3 Å². The van der Waals surface area contributed by atoms with Crippen LogP contribution in [0.3, 0.4) is 0 Å². The predicted molar refractivity (Wildman–Crippen MR) is 79.1 cm³/mol. The van der Waals surface area contributed by atoms with Crippen molar-refractivity contribution < 1.29 is 9.53 Å². The van der Waals surface area contributed by atoms with Crippen LogP contribution in [0, 0.1) is 0 Å². The highest BCUT2D eigenvalue weighted by atomic mass is 32.1. The summed E-state index contributed by atoms with van der Waals surface area (Å²) in [4.78, 5) is 12.0. The molecular weight excluding hydrogens is 260 g/mol. The van der Waals surface area contributed by atoms with Gasteiger partial charge in [-0.25, -0.2) is 0 Å². The summed E-state index contributed by atoms with van der Waals surface area (Å²) in [5.41, 5.74) is 7.48. The molecule has 0 fully saturated rings. The first-order valence-electron chi connectivity index (χ1n) is 5.88. The monoisotopic (exact) mass is 276 g/mol. The maximum Gasteiger partial charge on any atom is 0.176 e. The lowest BCUT2D eigenvalue weighted by atomic mass is 10.2. The lowest BCUT2D eigenvalue weighted by Gasteiger charge is -2.06. The van der Waals surface area contributed by atoms with Gasteiger partial charge in [0.25, 0.3) is 0 Å². The first-order chi connectivity index (χ1) is 9.13. The van der Waals surface area contributed by atoms with E-state index in [2.05, 4.69) is 5.32 Å². The van der Waals surface area contributed by atoms with Gasteiger partial charge in [-0.05, 0) is 5.56 Å². The van der Waals surface area contributed by atoms with Crippen molar-refractivity contribution in [2.75, 3.05) is 18.2 Å². The minimum Gasteiger partial charge on any atom is -0.492 e. The molecule has 0 radical (unpaired) electrons. The quantitative estimate of drug-likeness (QED) is 0.823. The fourth-order valence-corrected chi connectivity index (χ4v) is 2.77. The maximum atomic E-state index is 11.5. The number of nitrogens with two attached hydrogens (primary N) is 1. The lowest BCUT2D eigenvalue weighted by molar-refractivity contribution is 0.102. The smallest absolute Gasteiger partial charge is 0.176 e. The third kappa shape index (κ3) is 2.88. The summed E-state index contributed by atoms with van der Waals surface area (Å²) >= 11 is 1.33. The molecule has 0 bridgehead atoms. The number of Topliss-reactive ketones (excluding diaryl/α,β-unsaturated/α-hetero) is 1. The minimum absolute atomic E-state index is 0.0476. The van der Waals surface area contributed by atoms with Gasteiger partial charge in [0, 0.05) is 13.5 Å². The molecule has 0 spiro atoms. The number of nitrogens with one attached hydrogen (secondary N) is 1. The molecule has 0 unspecified atom stereocenters. The number of rotatable bonds is 5. The van der Waals surface area contributed by atoms with Gasteiger partial charge in [0.1, 0.15) is 5.00 Å². The first kappa shape index (κ1) is 13.4. The molecule has 0 amide bonds. The van der Waals surface area contributed by atoms with Crippen molar-refractivity contribution in [3.8, 4) is 5.75 Å². The van der Waals surface area contributed by atoms with Crippen molar-refractivity contribution in [1.82, 2.24) is 0 Å². The van der Waals surface area contributed by atoms with Crippen molar-refractivity contribution in [3.63, 3.8) is 0 Å². The lowest BCUT2D eigenvalue weighted by Crippen LogP contribution is -1.99. The van der Waals surface area contributed by atoms with E-state index in [4.69, 9.17) is 10.5 Å². The summed E-state index contributed by atoms with van der Waals surface area (Å²) in [6, 6.07) is 10.0. The second kappa shape index (κ2) is 5.75. The molecule has 4 nitrogen and oxygen atoms in total. The van der Waals surface area contributed by atoms with E-state index in [1.165, 1.54) is 18.3 Å². The third-order valence-electron chi connectivity index (χ3n) is 2.72. The van der Waals surface area contributed by atoms with Gasteiger partial charge in [-0.1, -0.05) is 30.3 Å². The van der Waals surface area contributed by atoms with Crippen LogP contribution in [-0.4, -0.2) is 12.9 Å². The maximum absolute atomic E-state index is 11.5. The van der Waals surface area contributed by atoms with E-state index >= 15 is 0 Å². The summed E-state index contributed by atoms with van der Waals surface area (Å²) in [6.45, 7) is 2.16. The third-order valence-corrected chi connectivity index (χ3v) is 3.96. The van der Waals surface area contributed by atoms with E-state index in [9.17, 15) is 4.79 Å². The van der Waals surface area contributed by atoms with Crippen LogP contribution < -0.4 is 15.8 Å². The second-order valence-electron chi connectivity index (χ2n) is 4.10. The Hall–Kier alpha value is -2.01. The zero-order valence-corrected chi connectivity index (χ0v) is 11.7. The van der Waals surface area contributed by atoms with Gasteiger partial charge in [0.2, 0.25) is 0 Å². The number of methoxy groups -OCH3 is 1. The number of carbonyl (C=O) groups is 1. The molecule has 0 aliphatic heterocycles. The number of ketones is 1. The summed E-state index contributed by atoms with van der Waals surface area (Å²) in [5, 5.41) is 4.04. The Bertz CT molecular complexity index is 579. The summed E-state index contributed by atoms with van der Waals surface area (Å²) in [6.07, 6.45) is 0. The van der Waals surface area contributed by atoms with Gasteiger partial charge in [-0.2, -0.15) is 0 Å². The first-order valence-corrected chi connectivity index (χ1v) is 6.70. The predicted octanol–water partition coefficient (Wildman–Crippen LogP) is 3.15. The molecule has 1 aromatic carbocycles. The molecule has 0 atom stereocenters. The number of hydrogen-bond acceptors (Lipinski definition) is 5. The highest BCUT2D eigenvalue weighted by Gasteiger charge is 2.19. The van der Waals surface area contributed by atoms with Crippen LogP contribution in [0.2, 0.25) is 0 Å². The Morgan fingerprint density at radius 1 is 1.37 bits per heavy atom. The van der Waals surface area contributed by atoms with Gasteiger partial charge >= 0.3 is 0 Å². The molecule has 2 aromatic rings. The number of benzene rings is 1. The molecule has 1 aromatic heterocycles. The van der Waals surface area contributed by atoms with E-state index in [0.29, 0.717) is 22.9 Å². The molecule has 3 N–H and O–H groups in total. The van der Waals surface area contributed by atoms with Crippen molar-refractivity contribution in [2.24, 2.45) is 0 Å². The molecule has 1 heterocycles. The Morgan fingerprint density at radius 3 is 2.63 bits per heavy atom. The molecular formula is C14H16N2O2S. The Morgan fingerprint density at radius 2 is 2.05 bits per heavy atom. The molecule has 0 saturated carbocycles. The van der Waals surface area contributed by atoms with Crippen molar-refractivity contribution >= 4 is 27.8 Å². The molecule has 100 valence electrons. The number of thiophene rings is 1. The van der Waals surface area contributed by atoms with Gasteiger partial charge in [0.15, 0.2) is 11.5 Å². The van der Waals surface area contributed by atoms with Crippen LogP contribution in [-0.2, 0) is 6.54 Å². The van der Waals surface area contributed by atoms with Crippen molar-refractivity contribution in [3.05, 3.63) is 40.8 Å². The van der Waals surface area contributed by atoms with Gasteiger partial charge in [-0.15, -0.1) is 11.3 Å². The summed E-state index contributed by atoms with van der Waals surface area (Å²) in [5.74, 6) is 0.500. The molecule has 0 saturated heterocycles. The van der Waals surface area contributed by atoms with Crippen LogP contribution in [0.4, 0.5) is 10.7 Å². The summed E-state index contributed by atoms with van der Waals surface area (Å²) < 4.78 is 5.27. The average molecular weight is 276 g/mol. The molecule has 19 heavy (non-hydrogen) atoms. The van der Waals surface area contributed by atoms with E-state index in [0.717, 1.165) is 10.6 Å². The van der Waals surface area contributed by atoms with Crippen LogP contribution in [0.25, 0.3) is 0 Å². The average Bonchev–Trinajstić information content (AvgIpc) is 2.74. The van der Waals surface area contributed by atoms with E-state index in [1.54, 1.807) is 7.11 Å². The van der Waals surface area contributed by atoms with E-state index in [1.807, 2.05) is 30.3 Å². The fourth-order valence-electron chi connectivity index (χ4n) is 1.79. The van der Waals surface area contributed by atoms with Crippen LogP contribution in [0.15, 0.2) is 30.3 Å². The zero-order chi connectivity index (χ0) is 13.8. The van der Waals surface area contributed by atoms with Gasteiger partial charge < -0.3 is 15.8 Å². The van der Waals surface area contributed by atoms with Crippen LogP contribution >= 0.6 is 11.3 Å². The number of anilines is 2. The van der Waals surface area contributed by atoms with Crippen LogP contribution in [0.1, 0.15) is 22.2 Å². The second-order valence-corrected chi connectivity index (χ2v) is 5.12. The Labute approximate surface area is 116 Å². The van der Waals surface area contributed by atoms with E-state index in [-0.39, 0.29) is 5.78 Å². The number of ether oxygens (including phenoxy) is 1. The summed E-state index contributed by atoms with van der Waals surface area (Å²) in [7, 11) is 1.55. The van der Waals surface area contributed by atoms with Gasteiger partial charge in [0.05, 0.1) is 17.7 Å². The standard InChI is InChI=1S/C14H16N2O2S/c1-9(17)13-11(15)12(18-2)14(19-13)16-8-10-6-4-3-5-7-10/h3-7,16H,8,15H2,1-2H3. The largest absolute Gasteiger partial charge is 0.492 e. The molecule has 5 heteroatoms. The molecule has 0 aliphatic carbocycles. The van der Waals surface area contributed by atoms with Crippen molar-refractivity contribution in [1.29, 1.82) is 0 Å². The molecule has 2 rings (SSSR count). The fraction of sp³-hybridized carbons (Fsp3) is 0.214. The number of nitrogen functional groups attached to an aromatic ring is 1. The van der Waals surface area contributed by atoms with E-state index < -0.39 is 0 Å².